The summed E-state index contributed by atoms with van der Waals surface area (Å²) in [5, 5.41) is 0.587. The van der Waals surface area contributed by atoms with E-state index in [9.17, 15) is 9.59 Å². The van der Waals surface area contributed by atoms with Gasteiger partial charge in [0.2, 0.25) is 5.95 Å². The highest BCUT2D eigenvalue weighted by molar-refractivity contribution is 7.99. The van der Waals surface area contributed by atoms with Crippen molar-refractivity contribution in [2.75, 3.05) is 41.7 Å². The van der Waals surface area contributed by atoms with Crippen molar-refractivity contribution in [3.05, 3.63) is 75.4 Å². The normalized spacial score (nSPS) is 14.2. The van der Waals surface area contributed by atoms with Crippen molar-refractivity contribution in [2.24, 2.45) is 14.1 Å². The van der Waals surface area contributed by atoms with Crippen molar-refractivity contribution in [2.45, 2.75) is 11.8 Å². The lowest BCUT2D eigenvalue weighted by atomic mass is 10.2. The number of hydrogen-bond acceptors (Lipinski definition) is 8. The van der Waals surface area contributed by atoms with Gasteiger partial charge in [-0.15, -0.1) is 0 Å². The van der Waals surface area contributed by atoms with Gasteiger partial charge in [0, 0.05) is 58.3 Å². The lowest BCUT2D eigenvalue weighted by Crippen LogP contribution is -2.47. The van der Waals surface area contributed by atoms with Crippen LogP contribution in [0, 0.1) is 0 Å². The van der Waals surface area contributed by atoms with Gasteiger partial charge in [0.05, 0.1) is 0 Å². The zero-order valence-electron chi connectivity index (χ0n) is 20.7. The van der Waals surface area contributed by atoms with Gasteiger partial charge in [0.1, 0.15) is 5.52 Å². The lowest BCUT2D eigenvalue weighted by Gasteiger charge is -2.36. The van der Waals surface area contributed by atoms with Crippen LogP contribution in [0.3, 0.4) is 0 Å². The number of nitrogens with zero attached hydrogens (tertiary/aromatic N) is 7. The number of aromatic nitrogens is 5. The summed E-state index contributed by atoms with van der Waals surface area (Å²) >= 11 is 1.49. The van der Waals surface area contributed by atoms with E-state index in [2.05, 4.69) is 26.9 Å². The topological polar surface area (TPSA) is 94.3 Å². The molecule has 5 aromatic rings. The highest BCUT2D eigenvalue weighted by Crippen LogP contribution is 2.26. The van der Waals surface area contributed by atoms with Crippen LogP contribution in [-0.4, -0.2) is 55.6 Å². The van der Waals surface area contributed by atoms with Crippen molar-refractivity contribution in [1.29, 1.82) is 0 Å². The summed E-state index contributed by atoms with van der Waals surface area (Å²) in [7, 11) is 3.17. The van der Waals surface area contributed by atoms with Gasteiger partial charge in [-0.05, 0) is 24.3 Å². The molecule has 1 aliphatic rings. The molecule has 3 aromatic heterocycles. The second-order valence-corrected chi connectivity index (χ2v) is 10.1. The van der Waals surface area contributed by atoms with Crippen LogP contribution in [0.1, 0.15) is 0 Å². The predicted octanol–water partition coefficient (Wildman–Crippen LogP) is 2.69. The van der Waals surface area contributed by atoms with Gasteiger partial charge in [0.15, 0.2) is 16.7 Å². The molecule has 0 aliphatic carbocycles. The number of piperazine rings is 1. The summed E-state index contributed by atoms with van der Waals surface area (Å²) in [5.74, 6) is 1.33. The second-order valence-electron chi connectivity index (χ2n) is 9.05. The molecule has 11 heteroatoms. The van der Waals surface area contributed by atoms with E-state index in [0.717, 1.165) is 41.8 Å². The lowest BCUT2D eigenvalue weighted by molar-refractivity contribution is 0.489. The summed E-state index contributed by atoms with van der Waals surface area (Å²) in [5.41, 5.74) is 2.87. The maximum Gasteiger partial charge on any atom is 0.332 e. The van der Waals surface area contributed by atoms with Crippen LogP contribution in [0.4, 0.5) is 11.6 Å². The number of anilines is 2. The van der Waals surface area contributed by atoms with Crippen molar-refractivity contribution < 1.29 is 4.42 Å². The van der Waals surface area contributed by atoms with Crippen LogP contribution < -0.4 is 21.0 Å². The average molecular weight is 518 g/mol. The first-order valence-corrected chi connectivity index (χ1v) is 13.2. The van der Waals surface area contributed by atoms with Crippen molar-refractivity contribution in [3.63, 3.8) is 0 Å². The van der Waals surface area contributed by atoms with E-state index in [1.54, 1.807) is 7.05 Å². The van der Waals surface area contributed by atoms with Gasteiger partial charge in [-0.1, -0.05) is 42.1 Å². The SMILES string of the molecule is Cn1c(=O)c2c(nc(N3CCN(c4ccccc4)CC3)n2CCSc2nc3ccccc3o2)n(C)c1=O. The summed E-state index contributed by atoms with van der Waals surface area (Å²) in [6, 6.07) is 18.0. The Hall–Kier alpha value is -3.99. The molecule has 1 aliphatic heterocycles. The standard InChI is InChI=1S/C26H27N7O3S/c1-29-22-21(23(34)30(2)26(29)35)33(16-17-37-25-27-19-10-6-7-11-20(19)36-25)24(28-22)32-14-12-31(13-15-32)18-8-4-3-5-9-18/h3-11H,12-17H2,1-2H3. The molecule has 37 heavy (non-hydrogen) atoms. The number of hydrogen-bond donors (Lipinski definition) is 0. The minimum absolute atomic E-state index is 0.341. The Morgan fingerprint density at radius 2 is 1.57 bits per heavy atom. The van der Waals surface area contributed by atoms with E-state index in [-0.39, 0.29) is 11.2 Å². The van der Waals surface area contributed by atoms with E-state index < -0.39 is 0 Å². The fraction of sp³-hybridized carbons (Fsp3) is 0.308. The highest BCUT2D eigenvalue weighted by Gasteiger charge is 2.26. The van der Waals surface area contributed by atoms with Crippen LogP contribution in [0.25, 0.3) is 22.3 Å². The molecule has 0 bridgehead atoms. The Balaban J connectivity index is 1.31. The number of benzene rings is 2. The Bertz CT molecular complexity index is 1660. The van der Waals surface area contributed by atoms with Crippen LogP contribution >= 0.6 is 11.8 Å². The molecule has 190 valence electrons. The monoisotopic (exact) mass is 517 g/mol. The fourth-order valence-corrected chi connectivity index (χ4v) is 5.59. The maximum atomic E-state index is 13.2. The first-order chi connectivity index (χ1) is 18.0. The molecule has 1 saturated heterocycles. The summed E-state index contributed by atoms with van der Waals surface area (Å²) in [6.07, 6.45) is 0. The van der Waals surface area contributed by atoms with Crippen molar-refractivity contribution in [1.82, 2.24) is 23.7 Å². The van der Waals surface area contributed by atoms with E-state index in [1.807, 2.05) is 47.0 Å². The molecule has 0 atom stereocenters. The van der Waals surface area contributed by atoms with E-state index in [0.29, 0.717) is 34.6 Å². The first-order valence-electron chi connectivity index (χ1n) is 12.2. The molecule has 6 rings (SSSR count). The van der Waals surface area contributed by atoms with Crippen LogP contribution in [0.5, 0.6) is 0 Å². The Kier molecular flexibility index (Phi) is 5.99. The van der Waals surface area contributed by atoms with Gasteiger partial charge in [-0.25, -0.2) is 9.78 Å². The van der Waals surface area contributed by atoms with Crippen LogP contribution in [0.2, 0.25) is 0 Å². The average Bonchev–Trinajstić information content (AvgIpc) is 3.53. The molecule has 1 fully saturated rings. The van der Waals surface area contributed by atoms with E-state index in [1.165, 1.54) is 29.1 Å². The van der Waals surface area contributed by atoms with Crippen LogP contribution in [-0.2, 0) is 20.6 Å². The third-order valence-corrected chi connectivity index (χ3v) is 7.63. The van der Waals surface area contributed by atoms with Gasteiger partial charge in [-0.3, -0.25) is 13.9 Å². The van der Waals surface area contributed by atoms with Crippen LogP contribution in [0.15, 0.2) is 73.8 Å². The molecule has 0 amide bonds. The molecule has 4 heterocycles. The Morgan fingerprint density at radius 3 is 2.32 bits per heavy atom. The minimum atomic E-state index is -0.386. The summed E-state index contributed by atoms with van der Waals surface area (Å²) in [6.45, 7) is 3.70. The second kappa shape index (κ2) is 9.47. The molecule has 10 nitrogen and oxygen atoms in total. The fourth-order valence-electron chi connectivity index (χ4n) is 4.83. The largest absolute Gasteiger partial charge is 0.431 e. The molecular formula is C26H27N7O3S. The predicted molar refractivity (Wildman–Crippen MR) is 146 cm³/mol. The number of oxazole rings is 1. The first kappa shape index (κ1) is 23.4. The van der Waals surface area contributed by atoms with Crippen molar-refractivity contribution >= 4 is 45.7 Å². The molecule has 0 unspecified atom stereocenters. The minimum Gasteiger partial charge on any atom is -0.431 e. The molecule has 0 radical (unpaired) electrons. The third kappa shape index (κ3) is 4.18. The highest BCUT2D eigenvalue weighted by atomic mass is 32.2. The van der Waals surface area contributed by atoms with E-state index >= 15 is 0 Å². The molecule has 0 N–H and O–H groups in total. The molecular weight excluding hydrogens is 490 g/mol. The Labute approximate surface area is 216 Å². The smallest absolute Gasteiger partial charge is 0.332 e. The van der Waals surface area contributed by atoms with Gasteiger partial charge >= 0.3 is 5.69 Å². The molecule has 0 saturated carbocycles. The number of fused-ring (bicyclic) bond motifs is 2. The van der Waals surface area contributed by atoms with E-state index in [4.69, 9.17) is 9.40 Å². The van der Waals surface area contributed by atoms with Gasteiger partial charge < -0.3 is 18.8 Å². The van der Waals surface area contributed by atoms with Gasteiger partial charge in [0.25, 0.3) is 10.8 Å². The maximum absolute atomic E-state index is 13.2. The Morgan fingerprint density at radius 1 is 0.865 bits per heavy atom. The molecule has 2 aromatic carbocycles. The number of para-hydroxylation sites is 3. The summed E-state index contributed by atoms with van der Waals surface area (Å²) in [4.78, 5) is 39.8. The number of aryl methyl sites for hydroxylation is 2. The number of rotatable bonds is 6. The van der Waals surface area contributed by atoms with Crippen molar-refractivity contribution in [3.8, 4) is 0 Å². The third-order valence-electron chi connectivity index (χ3n) is 6.83. The number of imidazole rings is 1. The zero-order valence-corrected chi connectivity index (χ0v) is 21.5. The number of thioether (sulfide) groups is 1. The molecule has 0 spiro atoms. The zero-order chi connectivity index (χ0) is 25.5. The summed E-state index contributed by atoms with van der Waals surface area (Å²) < 4.78 is 10.4. The quantitative estimate of drug-likeness (QED) is 0.318. The van der Waals surface area contributed by atoms with Gasteiger partial charge in [-0.2, -0.15) is 4.98 Å².